The van der Waals surface area contributed by atoms with Crippen LogP contribution in [0.1, 0.15) is 32.4 Å². The lowest BCUT2D eigenvalue weighted by molar-refractivity contribution is -0.155. The maximum Gasteiger partial charge on any atom is 0.313 e. The lowest BCUT2D eigenvalue weighted by Crippen LogP contribution is -2.42. The monoisotopic (exact) mass is 254 g/mol. The SMILES string of the molecule is CCCC(CN)(Cc1cn(C)nn1)C(=O)OCC. The molecular formula is C12H22N4O2. The number of nitrogens with two attached hydrogens (primary N) is 1. The van der Waals surface area contributed by atoms with Gasteiger partial charge in [0, 0.05) is 26.2 Å². The van der Waals surface area contributed by atoms with Crippen LogP contribution in [-0.2, 0) is 23.0 Å². The molecule has 1 unspecified atom stereocenters. The molecule has 1 atom stereocenters. The van der Waals surface area contributed by atoms with E-state index in [-0.39, 0.29) is 12.5 Å². The van der Waals surface area contributed by atoms with Crippen LogP contribution >= 0.6 is 0 Å². The Labute approximate surface area is 107 Å². The van der Waals surface area contributed by atoms with Crippen molar-refractivity contribution in [3.05, 3.63) is 11.9 Å². The van der Waals surface area contributed by atoms with Crippen molar-refractivity contribution >= 4 is 5.97 Å². The van der Waals surface area contributed by atoms with Gasteiger partial charge in [-0.1, -0.05) is 18.6 Å². The number of nitrogens with zero attached hydrogens (tertiary/aromatic N) is 3. The molecule has 0 bridgehead atoms. The van der Waals surface area contributed by atoms with Crippen molar-refractivity contribution in [2.45, 2.75) is 33.1 Å². The van der Waals surface area contributed by atoms with Gasteiger partial charge in [0.05, 0.1) is 17.7 Å². The third kappa shape index (κ3) is 3.29. The molecule has 1 rings (SSSR count). The standard InChI is InChI=1S/C12H22N4O2/c1-4-6-12(9-13,11(17)18-5-2)7-10-8-16(3)15-14-10/h8H,4-7,9,13H2,1-3H3. The second kappa shape index (κ2) is 6.49. The molecule has 102 valence electrons. The largest absolute Gasteiger partial charge is 0.466 e. The number of esters is 1. The third-order valence-electron chi connectivity index (χ3n) is 3.00. The van der Waals surface area contributed by atoms with Crippen LogP contribution in [0.3, 0.4) is 0 Å². The Morgan fingerprint density at radius 1 is 1.56 bits per heavy atom. The minimum atomic E-state index is -0.680. The highest BCUT2D eigenvalue weighted by atomic mass is 16.5. The van der Waals surface area contributed by atoms with Crippen molar-refractivity contribution < 1.29 is 9.53 Å². The second-order valence-corrected chi connectivity index (χ2v) is 4.52. The maximum absolute atomic E-state index is 12.1. The molecule has 6 nitrogen and oxygen atoms in total. The predicted molar refractivity (Wildman–Crippen MR) is 67.7 cm³/mol. The Hall–Kier alpha value is -1.43. The van der Waals surface area contributed by atoms with Crippen LogP contribution in [0.15, 0.2) is 6.20 Å². The summed E-state index contributed by atoms with van der Waals surface area (Å²) in [5.41, 5.74) is 5.91. The lowest BCUT2D eigenvalue weighted by Gasteiger charge is -2.28. The fraction of sp³-hybridized carbons (Fsp3) is 0.750. The Bertz CT molecular complexity index is 391. The summed E-state index contributed by atoms with van der Waals surface area (Å²) in [6.07, 6.45) is 3.85. The van der Waals surface area contributed by atoms with Crippen molar-refractivity contribution in [3.63, 3.8) is 0 Å². The highest BCUT2D eigenvalue weighted by Crippen LogP contribution is 2.28. The number of carbonyl (C=O) groups is 1. The molecule has 18 heavy (non-hydrogen) atoms. The van der Waals surface area contributed by atoms with E-state index in [9.17, 15) is 4.79 Å². The number of carbonyl (C=O) groups excluding carboxylic acids is 1. The minimum Gasteiger partial charge on any atom is -0.466 e. The summed E-state index contributed by atoms with van der Waals surface area (Å²) >= 11 is 0. The summed E-state index contributed by atoms with van der Waals surface area (Å²) in [7, 11) is 1.80. The molecule has 1 aromatic rings. The molecule has 0 amide bonds. The average Bonchev–Trinajstić information content (AvgIpc) is 2.74. The summed E-state index contributed by atoms with van der Waals surface area (Å²) < 4.78 is 6.77. The van der Waals surface area contributed by atoms with E-state index in [1.807, 2.05) is 6.92 Å². The van der Waals surface area contributed by atoms with Gasteiger partial charge < -0.3 is 10.5 Å². The Kier molecular flexibility index (Phi) is 5.27. The van der Waals surface area contributed by atoms with Gasteiger partial charge in [0.15, 0.2) is 0 Å². The smallest absolute Gasteiger partial charge is 0.313 e. The molecule has 0 aliphatic heterocycles. The zero-order chi connectivity index (χ0) is 13.6. The number of ether oxygens (including phenoxy) is 1. The minimum absolute atomic E-state index is 0.236. The molecule has 1 heterocycles. The number of hydrogen-bond donors (Lipinski definition) is 1. The summed E-state index contributed by atoms with van der Waals surface area (Å²) in [6.45, 7) is 4.45. The first-order valence-electron chi connectivity index (χ1n) is 6.30. The van der Waals surface area contributed by atoms with Crippen molar-refractivity contribution in [2.24, 2.45) is 18.2 Å². The van der Waals surface area contributed by atoms with E-state index in [1.165, 1.54) is 0 Å². The molecule has 0 saturated heterocycles. The Morgan fingerprint density at radius 3 is 2.72 bits per heavy atom. The summed E-state index contributed by atoms with van der Waals surface area (Å²) in [5.74, 6) is -0.236. The van der Waals surface area contributed by atoms with Crippen LogP contribution < -0.4 is 5.73 Å². The fourth-order valence-electron chi connectivity index (χ4n) is 2.11. The van der Waals surface area contributed by atoms with Gasteiger partial charge >= 0.3 is 5.97 Å². The van der Waals surface area contributed by atoms with Crippen LogP contribution in [-0.4, -0.2) is 34.1 Å². The van der Waals surface area contributed by atoms with Gasteiger partial charge in [-0.05, 0) is 13.3 Å². The van der Waals surface area contributed by atoms with Crippen LogP contribution in [0.2, 0.25) is 0 Å². The van der Waals surface area contributed by atoms with Gasteiger partial charge in [-0.3, -0.25) is 9.48 Å². The maximum atomic E-state index is 12.1. The Morgan fingerprint density at radius 2 is 2.28 bits per heavy atom. The van der Waals surface area contributed by atoms with Gasteiger partial charge in [-0.2, -0.15) is 0 Å². The van der Waals surface area contributed by atoms with Gasteiger partial charge in [0.2, 0.25) is 0 Å². The number of rotatable bonds is 7. The molecule has 0 radical (unpaired) electrons. The second-order valence-electron chi connectivity index (χ2n) is 4.52. The first-order chi connectivity index (χ1) is 8.57. The lowest BCUT2D eigenvalue weighted by atomic mass is 9.79. The van der Waals surface area contributed by atoms with E-state index in [0.717, 1.165) is 12.1 Å². The van der Waals surface area contributed by atoms with E-state index in [4.69, 9.17) is 10.5 Å². The fourth-order valence-corrected chi connectivity index (χ4v) is 2.11. The molecule has 1 aromatic heterocycles. The van der Waals surface area contributed by atoms with E-state index in [2.05, 4.69) is 10.3 Å². The zero-order valence-electron chi connectivity index (χ0n) is 11.3. The van der Waals surface area contributed by atoms with Crippen molar-refractivity contribution in [3.8, 4) is 0 Å². The highest BCUT2D eigenvalue weighted by molar-refractivity contribution is 5.77. The molecule has 0 aromatic carbocycles. The molecule has 0 fully saturated rings. The van der Waals surface area contributed by atoms with Gasteiger partial charge in [0.25, 0.3) is 0 Å². The van der Waals surface area contributed by atoms with E-state index in [0.29, 0.717) is 19.4 Å². The quantitative estimate of drug-likeness (QED) is 0.723. The summed E-state index contributed by atoms with van der Waals surface area (Å²) in [4.78, 5) is 12.1. The van der Waals surface area contributed by atoms with Gasteiger partial charge in [-0.15, -0.1) is 5.10 Å². The van der Waals surface area contributed by atoms with E-state index >= 15 is 0 Å². The van der Waals surface area contributed by atoms with Crippen molar-refractivity contribution in [1.29, 1.82) is 0 Å². The van der Waals surface area contributed by atoms with Crippen LogP contribution in [0, 0.1) is 5.41 Å². The molecule has 0 spiro atoms. The van der Waals surface area contributed by atoms with Gasteiger partial charge in [0.1, 0.15) is 0 Å². The van der Waals surface area contributed by atoms with E-state index in [1.54, 1.807) is 24.9 Å². The number of aryl methyl sites for hydroxylation is 1. The predicted octanol–water partition coefficient (Wildman–Crippen LogP) is 0.666. The average molecular weight is 254 g/mol. The van der Waals surface area contributed by atoms with Crippen molar-refractivity contribution in [2.75, 3.05) is 13.2 Å². The van der Waals surface area contributed by atoms with E-state index < -0.39 is 5.41 Å². The number of hydrogen-bond acceptors (Lipinski definition) is 5. The molecule has 0 aliphatic rings. The van der Waals surface area contributed by atoms with Crippen LogP contribution in [0.4, 0.5) is 0 Å². The molecular weight excluding hydrogens is 232 g/mol. The normalized spacial score (nSPS) is 14.2. The first kappa shape index (κ1) is 14.6. The van der Waals surface area contributed by atoms with Crippen LogP contribution in [0.5, 0.6) is 0 Å². The highest BCUT2D eigenvalue weighted by Gasteiger charge is 2.38. The Balaban J connectivity index is 2.91. The summed E-state index contributed by atoms with van der Waals surface area (Å²) in [5, 5.41) is 7.90. The first-order valence-corrected chi connectivity index (χ1v) is 6.30. The third-order valence-corrected chi connectivity index (χ3v) is 3.00. The molecule has 0 saturated carbocycles. The molecule has 6 heteroatoms. The number of aromatic nitrogens is 3. The summed E-state index contributed by atoms with van der Waals surface area (Å²) in [6, 6.07) is 0. The zero-order valence-corrected chi connectivity index (χ0v) is 11.3. The van der Waals surface area contributed by atoms with Crippen LogP contribution in [0.25, 0.3) is 0 Å². The van der Waals surface area contributed by atoms with Gasteiger partial charge in [-0.25, -0.2) is 0 Å². The molecule has 0 aliphatic carbocycles. The topological polar surface area (TPSA) is 83.0 Å². The molecule has 2 N–H and O–H groups in total. The van der Waals surface area contributed by atoms with Crippen molar-refractivity contribution in [1.82, 2.24) is 15.0 Å².